The van der Waals surface area contributed by atoms with Crippen LogP contribution in [0.4, 0.5) is 29.7 Å². The summed E-state index contributed by atoms with van der Waals surface area (Å²) in [6, 6.07) is 48.8. The Kier molecular flexibility index (Phi) is 11.2. The van der Waals surface area contributed by atoms with Gasteiger partial charge in [-0.05, 0) is 82.6 Å². The molecule has 10 heteroatoms. The number of ether oxygens (including phenoxy) is 2. The maximum atomic E-state index is 13.5. The van der Waals surface area contributed by atoms with Gasteiger partial charge in [-0.25, -0.2) is 18.4 Å². The molecule has 0 aromatic heterocycles. The normalized spacial score (nSPS) is 22.0. The molecule has 6 atom stereocenters. The van der Waals surface area contributed by atoms with Crippen LogP contribution in [0, 0.1) is 23.5 Å². The monoisotopic (exact) mass is 804 g/mol. The molecule has 4 aliphatic heterocycles. The molecule has 2 fully saturated rings. The number of nitrogens with one attached hydrogen (secondary N) is 2. The second kappa shape index (κ2) is 17.3. The van der Waals surface area contributed by atoms with Crippen LogP contribution in [0.2, 0.25) is 0 Å². The summed E-state index contributed by atoms with van der Waals surface area (Å²) in [5.41, 5.74) is 8.23. The summed E-state index contributed by atoms with van der Waals surface area (Å²) in [5, 5.41) is 7.24. The van der Waals surface area contributed by atoms with Gasteiger partial charge < -0.3 is 29.9 Å². The van der Waals surface area contributed by atoms with Gasteiger partial charge in [-0.15, -0.1) is 0 Å². The van der Waals surface area contributed by atoms with Gasteiger partial charge in [0.1, 0.15) is 24.8 Å². The lowest BCUT2D eigenvalue weighted by Crippen LogP contribution is -2.37. The molecular weight excluding hydrogens is 759 g/mol. The van der Waals surface area contributed by atoms with Crippen molar-refractivity contribution >= 4 is 23.6 Å². The summed E-state index contributed by atoms with van der Waals surface area (Å²) in [5.74, 6) is -0.114. The van der Waals surface area contributed by atoms with Crippen LogP contribution in [0.25, 0.3) is 0 Å². The van der Waals surface area contributed by atoms with Gasteiger partial charge in [-0.3, -0.25) is 0 Å². The van der Waals surface area contributed by atoms with E-state index in [4.69, 9.17) is 9.47 Å². The van der Waals surface area contributed by atoms with E-state index in [9.17, 15) is 18.4 Å². The number of amides is 2. The van der Waals surface area contributed by atoms with Crippen LogP contribution in [0.15, 0.2) is 158 Å². The number of nitrogens with zero attached hydrogens (tertiary/aromatic N) is 2. The third kappa shape index (κ3) is 8.02. The third-order valence-corrected chi connectivity index (χ3v) is 12.3. The van der Waals surface area contributed by atoms with Crippen molar-refractivity contribution < 1.29 is 27.8 Å². The summed E-state index contributed by atoms with van der Waals surface area (Å²) in [4.78, 5) is 29.7. The fraction of sp³-hybridized carbons (Fsp3) is 0.240. The summed E-state index contributed by atoms with van der Waals surface area (Å²) >= 11 is 0. The third-order valence-electron chi connectivity index (χ3n) is 12.3. The zero-order valence-electron chi connectivity index (χ0n) is 33.0. The van der Waals surface area contributed by atoms with Gasteiger partial charge in [0.2, 0.25) is 0 Å². The number of para-hydroxylation sites is 2. The first kappa shape index (κ1) is 38.8. The van der Waals surface area contributed by atoms with Crippen LogP contribution in [-0.2, 0) is 22.7 Å². The van der Waals surface area contributed by atoms with Crippen molar-refractivity contribution in [3.05, 3.63) is 203 Å². The Morgan fingerprint density at radius 2 is 0.867 bits per heavy atom. The molecule has 6 aromatic rings. The quantitative estimate of drug-likeness (QED) is 0.174. The number of hydrogen-bond acceptors (Lipinski definition) is 6. The van der Waals surface area contributed by atoms with Crippen molar-refractivity contribution in [1.29, 1.82) is 0 Å². The predicted octanol–water partition coefficient (Wildman–Crippen LogP) is 11.4. The molecule has 304 valence electrons. The molecule has 4 heterocycles. The number of halogens is 2. The Morgan fingerprint density at radius 1 is 0.500 bits per heavy atom. The molecule has 0 aliphatic carbocycles. The molecule has 10 rings (SSSR count). The summed E-state index contributed by atoms with van der Waals surface area (Å²) in [7, 11) is 0. The predicted molar refractivity (Wildman–Crippen MR) is 227 cm³/mol. The highest BCUT2D eigenvalue weighted by atomic mass is 19.1. The van der Waals surface area contributed by atoms with E-state index in [1.165, 1.54) is 24.3 Å². The molecule has 0 unspecified atom stereocenters. The van der Waals surface area contributed by atoms with Gasteiger partial charge in [-0.2, -0.15) is 0 Å². The average Bonchev–Trinajstić information content (AvgIpc) is 3.95. The highest BCUT2D eigenvalue weighted by Gasteiger charge is 2.48. The van der Waals surface area contributed by atoms with Gasteiger partial charge in [0.05, 0.1) is 24.2 Å². The zero-order chi connectivity index (χ0) is 41.0. The highest BCUT2D eigenvalue weighted by molar-refractivity contribution is 5.72. The number of rotatable bonds is 6. The first-order chi connectivity index (χ1) is 29.4. The van der Waals surface area contributed by atoms with Crippen LogP contribution in [0.3, 0.4) is 0 Å². The van der Waals surface area contributed by atoms with Gasteiger partial charge in [0.25, 0.3) is 0 Å². The zero-order valence-corrected chi connectivity index (χ0v) is 33.0. The van der Waals surface area contributed by atoms with E-state index in [-0.39, 0.29) is 73.0 Å². The first-order valence-corrected chi connectivity index (χ1v) is 20.6. The number of anilines is 2. The number of likely N-dealkylation sites (tertiary alicyclic amines) is 2. The molecular formula is C50H46F2N4O4. The summed E-state index contributed by atoms with van der Waals surface area (Å²) in [6.07, 6.45) is 1.13. The fourth-order valence-corrected chi connectivity index (χ4v) is 9.46. The second-order valence-electron chi connectivity index (χ2n) is 15.8. The number of benzene rings is 6. The lowest BCUT2D eigenvalue weighted by Gasteiger charge is -2.39. The number of carbonyl (C=O) groups is 2. The van der Waals surface area contributed by atoms with Crippen LogP contribution in [0.1, 0.15) is 70.4 Å². The van der Waals surface area contributed by atoms with Gasteiger partial charge in [0, 0.05) is 36.3 Å². The number of carbonyl (C=O) groups excluding carboxylic acids is 2. The van der Waals surface area contributed by atoms with Crippen molar-refractivity contribution in [3.63, 3.8) is 0 Å². The largest absolute Gasteiger partial charge is 0.445 e. The minimum atomic E-state index is -0.291. The van der Waals surface area contributed by atoms with Crippen molar-refractivity contribution in [2.24, 2.45) is 11.8 Å². The maximum absolute atomic E-state index is 13.5. The minimum Gasteiger partial charge on any atom is -0.445 e. The molecule has 2 saturated heterocycles. The summed E-state index contributed by atoms with van der Waals surface area (Å²) < 4.78 is 38.2. The molecule has 0 radical (unpaired) electrons. The van der Waals surface area contributed by atoms with Crippen LogP contribution in [-0.4, -0.2) is 35.1 Å². The fourth-order valence-electron chi connectivity index (χ4n) is 9.46. The molecule has 2 amide bonds. The van der Waals surface area contributed by atoms with Crippen molar-refractivity contribution in [2.45, 2.75) is 50.2 Å². The lowest BCUT2D eigenvalue weighted by molar-refractivity contribution is 0.0858. The Morgan fingerprint density at radius 3 is 1.27 bits per heavy atom. The molecule has 8 nitrogen and oxygen atoms in total. The van der Waals surface area contributed by atoms with E-state index < -0.39 is 0 Å². The standard InChI is InChI=1S/2C25H23FN2O2/c2*26-19-12-10-18(11-13-19)23-21-14-15-28(24(21)20-8-4-5-9-22(20)27-23)25(29)30-16-17-6-2-1-3-7-17/h2*1-13,21,23-24,27H,14-16H2/t2*21-,23+,24+/m10/s1. The molecule has 6 aromatic carbocycles. The molecule has 60 heavy (non-hydrogen) atoms. The molecule has 0 bridgehead atoms. The Bertz CT molecular complexity index is 2250. The summed E-state index contributed by atoms with van der Waals surface area (Å²) in [6.45, 7) is 1.79. The van der Waals surface area contributed by atoms with E-state index in [0.29, 0.717) is 13.1 Å². The lowest BCUT2D eigenvalue weighted by atomic mass is 9.80. The smallest absolute Gasteiger partial charge is 0.410 e. The number of hydrogen-bond donors (Lipinski definition) is 2. The maximum Gasteiger partial charge on any atom is 0.410 e. The number of fused-ring (bicyclic) bond motifs is 6. The van der Waals surface area contributed by atoms with Crippen molar-refractivity contribution in [2.75, 3.05) is 23.7 Å². The second-order valence-corrected chi connectivity index (χ2v) is 15.8. The van der Waals surface area contributed by atoms with Crippen molar-refractivity contribution in [1.82, 2.24) is 9.80 Å². The molecule has 2 N–H and O–H groups in total. The Labute approximate surface area is 348 Å². The topological polar surface area (TPSA) is 83.1 Å². The van der Waals surface area contributed by atoms with Crippen molar-refractivity contribution in [3.8, 4) is 0 Å². The van der Waals surface area contributed by atoms with E-state index in [0.717, 1.165) is 57.6 Å². The molecule has 4 aliphatic rings. The molecule has 0 spiro atoms. The van der Waals surface area contributed by atoms with Crippen LogP contribution < -0.4 is 10.6 Å². The first-order valence-electron chi connectivity index (χ1n) is 20.6. The van der Waals surface area contributed by atoms with Gasteiger partial charge in [0.15, 0.2) is 0 Å². The van der Waals surface area contributed by atoms with Crippen LogP contribution >= 0.6 is 0 Å². The SMILES string of the molecule is O=C(OCc1ccccc1)N1CC[C@@H]2[C@H](c3ccc(F)cc3)Nc3ccccc3[C@@H]21.O=C(OCc1ccccc1)N1CC[C@H]2[C@@H](c3ccc(F)cc3)Nc3ccccc3[C@H]21. The van der Waals surface area contributed by atoms with E-state index in [2.05, 4.69) is 22.8 Å². The van der Waals surface area contributed by atoms with Gasteiger partial charge in [-0.1, -0.05) is 121 Å². The Balaban J connectivity index is 0.000000154. The average molecular weight is 805 g/mol. The van der Waals surface area contributed by atoms with E-state index >= 15 is 0 Å². The minimum absolute atomic E-state index is 0.0115. The highest BCUT2D eigenvalue weighted by Crippen LogP contribution is 2.52. The van der Waals surface area contributed by atoms with Crippen LogP contribution in [0.5, 0.6) is 0 Å². The van der Waals surface area contributed by atoms with Gasteiger partial charge >= 0.3 is 12.2 Å². The van der Waals surface area contributed by atoms with E-state index in [1.54, 1.807) is 0 Å². The van der Waals surface area contributed by atoms with E-state index in [1.807, 2.05) is 131 Å². The molecule has 0 saturated carbocycles. The Hall–Kier alpha value is -6.68.